The molecule has 2 aromatic carbocycles. The van der Waals surface area contributed by atoms with Gasteiger partial charge in [-0.05, 0) is 11.8 Å². The third-order valence-corrected chi connectivity index (χ3v) is 7.15. The first kappa shape index (κ1) is 22.3. The van der Waals surface area contributed by atoms with Gasteiger partial charge in [0.1, 0.15) is 0 Å². The van der Waals surface area contributed by atoms with E-state index in [4.69, 9.17) is 0 Å². The molecule has 0 spiro atoms. The van der Waals surface area contributed by atoms with Gasteiger partial charge in [0.15, 0.2) is 0 Å². The molecule has 4 aromatic heterocycles. The quantitative estimate of drug-likeness (QED) is 0.174. The van der Waals surface area contributed by atoms with E-state index in [0.717, 1.165) is 22.5 Å². The van der Waals surface area contributed by atoms with Crippen molar-refractivity contribution >= 4 is 33.8 Å². The van der Waals surface area contributed by atoms with Gasteiger partial charge < -0.3 is 4.98 Å². The van der Waals surface area contributed by atoms with E-state index in [1.165, 1.54) is 19.3 Å². The summed E-state index contributed by atoms with van der Waals surface area (Å²) >= 11 is 0.385. The zero-order valence-electron chi connectivity index (χ0n) is 16.9. The average molecular weight is 655 g/mol. The molecule has 0 aliphatic rings. The van der Waals surface area contributed by atoms with Gasteiger partial charge >= 0.3 is 116 Å². The van der Waals surface area contributed by atoms with Gasteiger partial charge in [0.05, 0.1) is 0 Å². The maximum atomic E-state index is 4.55. The standard InChI is InChI=1S/C16H9N2Se.C11H8N.Ir/c1-2-6-15-12(5-1)13-8-14(18-10-16(13)19-15)11-4-3-7-17-9-11;1-2-6-10(7-3-1)11-8-4-5-9-12-11;/h1-8,10H;1-6,8-9H;/q2*-1;. The second kappa shape index (κ2) is 10.6. The molecular weight excluding hydrogens is 637 g/mol. The number of hydrogen-bond donors (Lipinski definition) is 0. The van der Waals surface area contributed by atoms with Crippen LogP contribution in [0.4, 0.5) is 0 Å². The Hall–Kier alpha value is -2.94. The van der Waals surface area contributed by atoms with Crippen LogP contribution in [0.25, 0.3) is 41.8 Å². The van der Waals surface area contributed by atoms with Crippen LogP contribution >= 0.6 is 0 Å². The SMILES string of the molecule is [Ir].[c-]1ccccc1-c1ccccn1.[c-]1ncccc1-c1cc2c(cn1)[se]c1ccccc12. The third kappa shape index (κ3) is 4.93. The first-order chi connectivity index (χ1) is 15.4. The molecule has 0 amide bonds. The Morgan fingerprint density at radius 2 is 1.50 bits per heavy atom. The fraction of sp³-hybridized carbons (Fsp3) is 0. The van der Waals surface area contributed by atoms with Crippen molar-refractivity contribution in [1.82, 2.24) is 15.0 Å². The van der Waals surface area contributed by atoms with Crippen molar-refractivity contribution in [2.45, 2.75) is 0 Å². The molecule has 6 rings (SSSR count). The Kier molecular flexibility index (Phi) is 7.36. The molecule has 0 saturated carbocycles. The number of nitrogens with zero attached hydrogens (tertiary/aromatic N) is 3. The monoisotopic (exact) mass is 656 g/mol. The van der Waals surface area contributed by atoms with E-state index in [9.17, 15) is 0 Å². The fourth-order valence-electron chi connectivity index (χ4n) is 3.32. The van der Waals surface area contributed by atoms with E-state index in [1.807, 2.05) is 60.8 Å². The van der Waals surface area contributed by atoms with Crippen molar-refractivity contribution in [3.8, 4) is 22.5 Å². The van der Waals surface area contributed by atoms with E-state index < -0.39 is 0 Å². The normalized spacial score (nSPS) is 10.2. The summed E-state index contributed by atoms with van der Waals surface area (Å²) in [5, 5.41) is 2.67. The molecule has 0 aliphatic carbocycles. The van der Waals surface area contributed by atoms with Crippen molar-refractivity contribution < 1.29 is 20.1 Å². The van der Waals surface area contributed by atoms with Crippen molar-refractivity contribution in [3.05, 3.63) is 116 Å². The molecule has 4 heterocycles. The van der Waals surface area contributed by atoms with Crippen LogP contribution in [0.2, 0.25) is 0 Å². The van der Waals surface area contributed by atoms with Gasteiger partial charge in [0.2, 0.25) is 0 Å². The predicted molar refractivity (Wildman–Crippen MR) is 127 cm³/mol. The van der Waals surface area contributed by atoms with Crippen LogP contribution in [0.1, 0.15) is 0 Å². The van der Waals surface area contributed by atoms with Gasteiger partial charge in [-0.3, -0.25) is 0 Å². The summed E-state index contributed by atoms with van der Waals surface area (Å²) in [6.45, 7) is 0. The molecule has 1 radical (unpaired) electrons. The van der Waals surface area contributed by atoms with Crippen LogP contribution in [-0.2, 0) is 20.1 Å². The summed E-state index contributed by atoms with van der Waals surface area (Å²) in [5.74, 6) is 0. The molecule has 32 heavy (non-hydrogen) atoms. The predicted octanol–water partition coefficient (Wildman–Crippen LogP) is 5.85. The van der Waals surface area contributed by atoms with Crippen molar-refractivity contribution in [3.63, 3.8) is 0 Å². The molecule has 157 valence electrons. The summed E-state index contributed by atoms with van der Waals surface area (Å²) in [5.41, 5.74) is 3.90. The number of hydrogen-bond acceptors (Lipinski definition) is 3. The Morgan fingerprint density at radius 1 is 0.656 bits per heavy atom. The van der Waals surface area contributed by atoms with Crippen LogP contribution < -0.4 is 0 Å². The van der Waals surface area contributed by atoms with E-state index in [-0.39, 0.29) is 20.1 Å². The van der Waals surface area contributed by atoms with E-state index in [1.54, 1.807) is 12.4 Å². The second-order valence-electron chi connectivity index (χ2n) is 6.82. The molecule has 0 aliphatic heterocycles. The second-order valence-corrected chi connectivity index (χ2v) is 9.09. The van der Waals surface area contributed by atoms with Gasteiger partial charge in [-0.15, -0.1) is 35.9 Å². The van der Waals surface area contributed by atoms with E-state index in [2.05, 4.69) is 57.5 Å². The summed E-state index contributed by atoms with van der Waals surface area (Å²) < 4.78 is 2.81. The van der Waals surface area contributed by atoms with Crippen LogP contribution in [0.15, 0.2) is 104 Å². The number of fused-ring (bicyclic) bond motifs is 3. The molecule has 5 heteroatoms. The minimum absolute atomic E-state index is 0. The van der Waals surface area contributed by atoms with Gasteiger partial charge in [-0.25, -0.2) is 0 Å². The average Bonchev–Trinajstić information content (AvgIpc) is 3.24. The van der Waals surface area contributed by atoms with Gasteiger partial charge in [-0.2, -0.15) is 0 Å². The first-order valence-corrected chi connectivity index (χ1v) is 11.6. The number of aromatic nitrogens is 3. The molecule has 0 atom stereocenters. The zero-order chi connectivity index (χ0) is 20.9. The van der Waals surface area contributed by atoms with Gasteiger partial charge in [0.25, 0.3) is 0 Å². The number of pyridine rings is 3. The fourth-order valence-corrected chi connectivity index (χ4v) is 5.54. The maximum absolute atomic E-state index is 4.55. The van der Waals surface area contributed by atoms with Crippen molar-refractivity contribution in [1.29, 1.82) is 0 Å². The Labute approximate surface area is 206 Å². The number of benzene rings is 2. The molecular formula is C27H17IrN3Se-2. The third-order valence-electron chi connectivity index (χ3n) is 4.80. The molecule has 0 unspecified atom stereocenters. The summed E-state index contributed by atoms with van der Waals surface area (Å²) in [6, 6.07) is 31.5. The van der Waals surface area contributed by atoms with Crippen LogP contribution in [-0.4, -0.2) is 29.5 Å². The number of rotatable bonds is 2. The summed E-state index contributed by atoms with van der Waals surface area (Å²) in [6.07, 6.45) is 8.52. The van der Waals surface area contributed by atoms with Crippen molar-refractivity contribution in [2.75, 3.05) is 0 Å². The first-order valence-electron chi connectivity index (χ1n) is 9.87. The summed E-state index contributed by atoms with van der Waals surface area (Å²) in [7, 11) is 0. The van der Waals surface area contributed by atoms with E-state index >= 15 is 0 Å². The Morgan fingerprint density at radius 3 is 2.28 bits per heavy atom. The topological polar surface area (TPSA) is 38.7 Å². The van der Waals surface area contributed by atoms with Crippen molar-refractivity contribution in [2.24, 2.45) is 0 Å². The van der Waals surface area contributed by atoms with Gasteiger partial charge in [-0.1, -0.05) is 12.1 Å². The molecule has 0 saturated heterocycles. The Balaban J connectivity index is 0.000000164. The molecule has 3 nitrogen and oxygen atoms in total. The molecule has 0 N–H and O–H groups in total. The molecule has 0 bridgehead atoms. The summed E-state index contributed by atoms with van der Waals surface area (Å²) in [4.78, 5) is 12.8. The Bertz CT molecular complexity index is 1380. The van der Waals surface area contributed by atoms with Crippen LogP contribution in [0.5, 0.6) is 0 Å². The van der Waals surface area contributed by atoms with Crippen LogP contribution in [0, 0.1) is 12.3 Å². The van der Waals surface area contributed by atoms with Gasteiger partial charge in [0, 0.05) is 26.3 Å². The van der Waals surface area contributed by atoms with E-state index in [0.29, 0.717) is 14.5 Å². The zero-order valence-corrected chi connectivity index (χ0v) is 21.0. The molecule has 0 fully saturated rings. The molecule has 6 aromatic rings. The van der Waals surface area contributed by atoms with Crippen LogP contribution in [0.3, 0.4) is 0 Å². The minimum atomic E-state index is 0.